The summed E-state index contributed by atoms with van der Waals surface area (Å²) in [6.45, 7) is 3.87. The van der Waals surface area contributed by atoms with Gasteiger partial charge < -0.3 is 5.73 Å². The highest BCUT2D eigenvalue weighted by molar-refractivity contribution is 5.97. The van der Waals surface area contributed by atoms with Crippen molar-refractivity contribution in [2.45, 2.75) is 13.8 Å². The molecular weight excluding hydrogens is 142 g/mol. The number of hydrogen-bond donors (Lipinski definition) is 3. The fraction of sp³-hybridized carbons (Fsp3) is 0.500. The van der Waals surface area contributed by atoms with Gasteiger partial charge in [0.1, 0.15) is 0 Å². The second-order valence-corrected chi connectivity index (χ2v) is 2.38. The SMILES string of the molecule is CNN1N=C(N)C(C)=C(C)N1. The lowest BCUT2D eigenvalue weighted by molar-refractivity contribution is 0.153. The Bertz CT molecular complexity index is 217. The maximum atomic E-state index is 5.61. The average molecular weight is 155 g/mol. The Hall–Kier alpha value is -1.23. The molecule has 1 rings (SSSR count). The van der Waals surface area contributed by atoms with Crippen molar-refractivity contribution in [1.82, 2.24) is 16.1 Å². The summed E-state index contributed by atoms with van der Waals surface area (Å²) in [7, 11) is 1.76. The molecule has 11 heavy (non-hydrogen) atoms. The first-order valence-corrected chi connectivity index (χ1v) is 3.41. The summed E-state index contributed by atoms with van der Waals surface area (Å²) in [6.07, 6.45) is 0. The molecule has 0 spiro atoms. The highest BCUT2D eigenvalue weighted by Gasteiger charge is 2.10. The van der Waals surface area contributed by atoms with Crippen LogP contribution in [-0.4, -0.2) is 18.1 Å². The van der Waals surface area contributed by atoms with Crippen molar-refractivity contribution in [2.24, 2.45) is 10.8 Å². The number of hydrazine groups is 2. The van der Waals surface area contributed by atoms with Crippen molar-refractivity contribution in [3.05, 3.63) is 11.3 Å². The Morgan fingerprint density at radius 1 is 1.55 bits per heavy atom. The van der Waals surface area contributed by atoms with Crippen LogP contribution in [0.15, 0.2) is 16.4 Å². The van der Waals surface area contributed by atoms with E-state index in [1.807, 2.05) is 13.8 Å². The Morgan fingerprint density at radius 2 is 2.18 bits per heavy atom. The third-order valence-corrected chi connectivity index (χ3v) is 1.64. The Labute approximate surface area is 65.9 Å². The van der Waals surface area contributed by atoms with Crippen LogP contribution >= 0.6 is 0 Å². The second-order valence-electron chi connectivity index (χ2n) is 2.38. The molecule has 0 aromatic heterocycles. The van der Waals surface area contributed by atoms with Crippen LogP contribution in [0.2, 0.25) is 0 Å². The third kappa shape index (κ3) is 1.43. The zero-order valence-electron chi connectivity index (χ0n) is 6.97. The topological polar surface area (TPSA) is 65.7 Å². The molecule has 0 saturated carbocycles. The molecule has 0 atom stereocenters. The Morgan fingerprint density at radius 3 is 2.64 bits per heavy atom. The number of hydrogen-bond acceptors (Lipinski definition) is 5. The highest BCUT2D eigenvalue weighted by Crippen LogP contribution is 2.05. The lowest BCUT2D eigenvalue weighted by Gasteiger charge is -2.25. The number of allylic oxidation sites excluding steroid dienone is 1. The van der Waals surface area contributed by atoms with Crippen LogP contribution in [0.1, 0.15) is 13.8 Å². The minimum Gasteiger partial charge on any atom is -0.382 e. The van der Waals surface area contributed by atoms with Crippen molar-refractivity contribution < 1.29 is 0 Å². The van der Waals surface area contributed by atoms with E-state index in [1.54, 1.807) is 7.05 Å². The van der Waals surface area contributed by atoms with Crippen LogP contribution in [0.25, 0.3) is 0 Å². The summed E-state index contributed by atoms with van der Waals surface area (Å²) in [5.41, 5.74) is 13.4. The molecule has 62 valence electrons. The quantitative estimate of drug-likeness (QED) is 0.478. The molecule has 5 heteroatoms. The monoisotopic (exact) mass is 155 g/mol. The van der Waals surface area contributed by atoms with Gasteiger partial charge in [0.25, 0.3) is 0 Å². The first-order chi connectivity index (χ1) is 5.15. The lowest BCUT2D eigenvalue weighted by Crippen LogP contribution is -2.46. The summed E-state index contributed by atoms with van der Waals surface area (Å²) >= 11 is 0. The van der Waals surface area contributed by atoms with Crippen LogP contribution in [0, 0.1) is 0 Å². The van der Waals surface area contributed by atoms with Gasteiger partial charge in [0, 0.05) is 18.3 Å². The van der Waals surface area contributed by atoms with Gasteiger partial charge in [-0.1, -0.05) is 0 Å². The molecule has 1 aliphatic rings. The van der Waals surface area contributed by atoms with E-state index in [2.05, 4.69) is 16.0 Å². The van der Waals surface area contributed by atoms with Gasteiger partial charge in [0.05, 0.1) is 0 Å². The van der Waals surface area contributed by atoms with Crippen molar-refractivity contribution in [2.75, 3.05) is 7.05 Å². The maximum Gasteiger partial charge on any atom is 0.151 e. The van der Waals surface area contributed by atoms with Crippen molar-refractivity contribution in [1.29, 1.82) is 0 Å². The fourth-order valence-electron chi connectivity index (χ4n) is 0.748. The number of rotatable bonds is 1. The number of nitrogens with one attached hydrogen (secondary N) is 2. The number of nitrogens with two attached hydrogens (primary N) is 1. The van der Waals surface area contributed by atoms with E-state index in [4.69, 9.17) is 5.73 Å². The Balaban J connectivity index is 2.82. The van der Waals surface area contributed by atoms with E-state index in [0.717, 1.165) is 11.3 Å². The molecule has 0 radical (unpaired) electrons. The van der Waals surface area contributed by atoms with Gasteiger partial charge in [-0.25, -0.2) is 5.43 Å². The molecule has 1 heterocycles. The first kappa shape index (κ1) is 7.87. The number of nitrogens with zero attached hydrogens (tertiary/aromatic N) is 2. The molecule has 0 amide bonds. The van der Waals surface area contributed by atoms with Crippen LogP contribution < -0.4 is 16.6 Å². The first-order valence-electron chi connectivity index (χ1n) is 3.41. The van der Waals surface area contributed by atoms with Crippen LogP contribution in [0.3, 0.4) is 0 Å². The molecule has 1 aliphatic heterocycles. The number of amidine groups is 1. The van der Waals surface area contributed by atoms with Gasteiger partial charge in [0.2, 0.25) is 0 Å². The minimum atomic E-state index is 0.538. The maximum absolute atomic E-state index is 5.61. The smallest absolute Gasteiger partial charge is 0.151 e. The molecule has 0 fully saturated rings. The lowest BCUT2D eigenvalue weighted by atomic mass is 10.2. The van der Waals surface area contributed by atoms with Gasteiger partial charge in [0.15, 0.2) is 5.84 Å². The minimum absolute atomic E-state index is 0.538. The summed E-state index contributed by atoms with van der Waals surface area (Å²) in [5, 5.41) is 5.45. The van der Waals surface area contributed by atoms with Crippen LogP contribution in [0.5, 0.6) is 0 Å². The fourth-order valence-corrected chi connectivity index (χ4v) is 0.748. The Kier molecular flexibility index (Phi) is 2.00. The third-order valence-electron chi connectivity index (χ3n) is 1.64. The van der Waals surface area contributed by atoms with Gasteiger partial charge in [-0.15, -0.1) is 10.3 Å². The summed E-state index contributed by atoms with van der Waals surface area (Å²) in [4.78, 5) is 0. The van der Waals surface area contributed by atoms with Crippen molar-refractivity contribution >= 4 is 5.84 Å². The molecule has 0 aliphatic carbocycles. The van der Waals surface area contributed by atoms with Gasteiger partial charge in [-0.05, 0) is 13.8 Å². The highest BCUT2D eigenvalue weighted by atomic mass is 15.9. The zero-order chi connectivity index (χ0) is 8.43. The molecule has 0 aromatic rings. The van der Waals surface area contributed by atoms with Gasteiger partial charge >= 0.3 is 0 Å². The molecule has 0 aromatic carbocycles. The second kappa shape index (κ2) is 2.79. The van der Waals surface area contributed by atoms with Crippen molar-refractivity contribution in [3.63, 3.8) is 0 Å². The summed E-state index contributed by atoms with van der Waals surface area (Å²) in [6, 6.07) is 0. The largest absolute Gasteiger partial charge is 0.382 e. The van der Waals surface area contributed by atoms with Crippen LogP contribution in [-0.2, 0) is 0 Å². The van der Waals surface area contributed by atoms with E-state index in [0.29, 0.717) is 5.84 Å². The molecule has 5 nitrogen and oxygen atoms in total. The molecule has 0 unspecified atom stereocenters. The predicted molar refractivity (Wildman–Crippen MR) is 44.0 cm³/mol. The zero-order valence-corrected chi connectivity index (χ0v) is 6.97. The van der Waals surface area contributed by atoms with Crippen LogP contribution in [0.4, 0.5) is 0 Å². The van der Waals surface area contributed by atoms with E-state index in [1.165, 1.54) is 5.23 Å². The summed E-state index contributed by atoms with van der Waals surface area (Å²) < 4.78 is 0. The summed E-state index contributed by atoms with van der Waals surface area (Å²) in [5.74, 6) is 0.538. The molecule has 4 N–H and O–H groups in total. The van der Waals surface area contributed by atoms with E-state index in [-0.39, 0.29) is 0 Å². The van der Waals surface area contributed by atoms with Crippen molar-refractivity contribution in [3.8, 4) is 0 Å². The van der Waals surface area contributed by atoms with E-state index in [9.17, 15) is 0 Å². The predicted octanol–water partition coefficient (Wildman–Crippen LogP) is -0.493. The average Bonchev–Trinajstić information content (AvgIpc) is 1.99. The molecule has 0 bridgehead atoms. The standard InChI is InChI=1S/C6H13N5/c1-4-5(2)9-11(8-3)10-6(4)7/h8-9H,1-3H3,(H2,7,10). The van der Waals surface area contributed by atoms with E-state index >= 15 is 0 Å². The number of hydrazone groups is 1. The normalized spacial score (nSPS) is 18.1. The van der Waals surface area contributed by atoms with Gasteiger partial charge in [-0.3, -0.25) is 5.43 Å². The molecule has 0 saturated heterocycles. The molecular formula is C6H13N5. The van der Waals surface area contributed by atoms with Gasteiger partial charge in [-0.2, -0.15) is 0 Å². The van der Waals surface area contributed by atoms with E-state index < -0.39 is 0 Å².